The van der Waals surface area contributed by atoms with Crippen LogP contribution in [0.3, 0.4) is 0 Å². The molecule has 0 aromatic heterocycles. The third-order valence-corrected chi connectivity index (χ3v) is 4.78. The highest BCUT2D eigenvalue weighted by Crippen LogP contribution is 2.29. The molecule has 1 fully saturated rings. The first-order valence-corrected chi connectivity index (χ1v) is 8.77. The SMILES string of the molecule is CS/C(=N\I)[C@H]1CC[C@H](NC(=O)OC(C)(C)C)CC1. The Bertz CT molecular complexity index is 334. The van der Waals surface area contributed by atoms with E-state index in [1.54, 1.807) is 11.8 Å². The average molecular weight is 398 g/mol. The van der Waals surface area contributed by atoms with E-state index in [-0.39, 0.29) is 12.1 Å². The number of ether oxygens (including phenoxy) is 1. The van der Waals surface area contributed by atoms with E-state index in [0.29, 0.717) is 5.92 Å². The Morgan fingerprint density at radius 3 is 2.32 bits per heavy atom. The van der Waals surface area contributed by atoms with Crippen molar-refractivity contribution in [1.29, 1.82) is 0 Å². The largest absolute Gasteiger partial charge is 0.444 e. The van der Waals surface area contributed by atoms with Crippen LogP contribution in [-0.2, 0) is 4.74 Å². The van der Waals surface area contributed by atoms with Gasteiger partial charge in [-0.05, 0) is 52.7 Å². The van der Waals surface area contributed by atoms with Crippen LogP contribution in [0.4, 0.5) is 4.79 Å². The minimum absolute atomic E-state index is 0.239. The highest BCUT2D eigenvalue weighted by atomic mass is 127. The maximum Gasteiger partial charge on any atom is 0.407 e. The van der Waals surface area contributed by atoms with E-state index in [4.69, 9.17) is 4.74 Å². The molecule has 1 aliphatic rings. The van der Waals surface area contributed by atoms with Crippen LogP contribution in [-0.4, -0.2) is 29.0 Å². The van der Waals surface area contributed by atoms with Crippen LogP contribution in [0, 0.1) is 5.92 Å². The van der Waals surface area contributed by atoms with Gasteiger partial charge in [-0.15, -0.1) is 11.8 Å². The number of thioether (sulfide) groups is 1. The van der Waals surface area contributed by atoms with E-state index in [2.05, 4.69) is 37.6 Å². The highest BCUT2D eigenvalue weighted by Gasteiger charge is 2.26. The third-order valence-electron chi connectivity index (χ3n) is 3.09. The second kappa shape index (κ2) is 7.71. The molecule has 1 aliphatic carbocycles. The molecule has 0 aromatic rings. The number of carbonyl (C=O) groups excluding carboxylic acids is 1. The van der Waals surface area contributed by atoms with Crippen molar-refractivity contribution in [2.24, 2.45) is 9.12 Å². The molecule has 1 N–H and O–H groups in total. The number of nitrogens with one attached hydrogen (secondary N) is 1. The number of hydrogen-bond donors (Lipinski definition) is 1. The van der Waals surface area contributed by atoms with Gasteiger partial charge in [0.2, 0.25) is 0 Å². The summed E-state index contributed by atoms with van der Waals surface area (Å²) < 4.78 is 9.58. The van der Waals surface area contributed by atoms with E-state index in [1.165, 1.54) is 5.04 Å². The van der Waals surface area contributed by atoms with E-state index in [0.717, 1.165) is 25.7 Å². The highest BCUT2D eigenvalue weighted by molar-refractivity contribution is 14.1. The summed E-state index contributed by atoms with van der Waals surface area (Å²) in [6.07, 6.45) is 5.94. The summed E-state index contributed by atoms with van der Waals surface area (Å²) in [5.41, 5.74) is -0.429. The first kappa shape index (κ1) is 17.1. The molecule has 1 saturated carbocycles. The van der Waals surface area contributed by atoms with Crippen LogP contribution in [0.25, 0.3) is 0 Å². The van der Waals surface area contributed by atoms with Crippen LogP contribution < -0.4 is 5.32 Å². The van der Waals surface area contributed by atoms with Crippen molar-refractivity contribution in [3.05, 3.63) is 0 Å². The Morgan fingerprint density at radius 2 is 1.89 bits per heavy atom. The number of rotatable bonds is 2. The maximum atomic E-state index is 11.7. The molecule has 0 radical (unpaired) electrons. The monoisotopic (exact) mass is 398 g/mol. The minimum Gasteiger partial charge on any atom is -0.444 e. The summed E-state index contributed by atoms with van der Waals surface area (Å²) in [5.74, 6) is 0.559. The summed E-state index contributed by atoms with van der Waals surface area (Å²) in [6, 6.07) is 0.239. The second-order valence-corrected chi connectivity index (χ2v) is 7.13. The zero-order chi connectivity index (χ0) is 14.5. The molecule has 1 rings (SSSR count). The molecule has 6 heteroatoms. The van der Waals surface area contributed by atoms with E-state index in [9.17, 15) is 4.79 Å². The van der Waals surface area contributed by atoms with E-state index < -0.39 is 5.60 Å². The molecule has 0 spiro atoms. The van der Waals surface area contributed by atoms with Gasteiger partial charge in [0, 0.05) is 12.0 Å². The van der Waals surface area contributed by atoms with Crippen molar-refractivity contribution in [3.8, 4) is 0 Å². The van der Waals surface area contributed by atoms with Crippen LogP contribution in [0.1, 0.15) is 46.5 Å². The minimum atomic E-state index is -0.429. The van der Waals surface area contributed by atoms with Crippen molar-refractivity contribution >= 4 is 45.8 Å². The molecule has 0 bridgehead atoms. The van der Waals surface area contributed by atoms with Crippen LogP contribution in [0.5, 0.6) is 0 Å². The number of halogens is 1. The lowest BCUT2D eigenvalue weighted by molar-refractivity contribution is 0.0491. The molecule has 110 valence electrons. The fourth-order valence-corrected chi connectivity index (χ4v) is 3.85. The summed E-state index contributed by atoms with van der Waals surface area (Å²) in [6.45, 7) is 5.64. The number of hydrogen-bond acceptors (Lipinski definition) is 4. The van der Waals surface area contributed by atoms with Crippen molar-refractivity contribution in [1.82, 2.24) is 5.32 Å². The standard InChI is InChI=1S/C13H23IN2O2S/c1-13(2,3)18-12(17)15-10-7-5-9(6-8-10)11(16-14)19-4/h9-10H,5-8H2,1-4H3,(H,15,17)/b16-11-/t9-,10-. The number of carbonyl (C=O) groups is 1. The molecule has 0 saturated heterocycles. The van der Waals surface area contributed by atoms with Crippen LogP contribution in [0.15, 0.2) is 3.21 Å². The number of nitrogens with zero attached hydrogens (tertiary/aromatic N) is 1. The lowest BCUT2D eigenvalue weighted by Gasteiger charge is -2.30. The Hall–Kier alpha value is 0.0200. The zero-order valence-corrected chi connectivity index (χ0v) is 15.0. The Morgan fingerprint density at radius 1 is 1.32 bits per heavy atom. The van der Waals surface area contributed by atoms with Crippen molar-refractivity contribution < 1.29 is 9.53 Å². The lowest BCUT2D eigenvalue weighted by atomic mass is 9.87. The predicted octanol–water partition coefficient (Wildman–Crippen LogP) is 4.18. The molecule has 0 aliphatic heterocycles. The Balaban J connectivity index is 2.36. The van der Waals surface area contributed by atoms with Gasteiger partial charge in [0.05, 0.1) is 27.9 Å². The van der Waals surface area contributed by atoms with E-state index >= 15 is 0 Å². The molecule has 0 aromatic carbocycles. The van der Waals surface area contributed by atoms with E-state index in [1.807, 2.05) is 20.8 Å². The van der Waals surface area contributed by atoms with Gasteiger partial charge >= 0.3 is 6.09 Å². The van der Waals surface area contributed by atoms with Gasteiger partial charge in [0.1, 0.15) is 5.60 Å². The first-order valence-electron chi connectivity index (χ1n) is 6.58. The molecule has 19 heavy (non-hydrogen) atoms. The molecule has 0 unspecified atom stereocenters. The normalized spacial score (nSPS) is 25.0. The lowest BCUT2D eigenvalue weighted by Crippen LogP contribution is -2.41. The molecule has 0 atom stereocenters. The van der Waals surface area contributed by atoms with Gasteiger partial charge in [0.15, 0.2) is 0 Å². The van der Waals surface area contributed by atoms with Gasteiger partial charge in [-0.3, -0.25) is 0 Å². The second-order valence-electron chi connectivity index (χ2n) is 5.82. The summed E-state index contributed by atoms with van der Waals surface area (Å²) in [7, 11) is 0. The van der Waals surface area contributed by atoms with Gasteiger partial charge in [-0.2, -0.15) is 0 Å². The van der Waals surface area contributed by atoms with Crippen LogP contribution >= 0.6 is 34.6 Å². The Kier molecular flexibility index (Phi) is 6.93. The summed E-state index contributed by atoms with van der Waals surface area (Å²) in [5, 5.41) is 4.18. The van der Waals surface area contributed by atoms with Gasteiger partial charge in [-0.1, -0.05) is 0 Å². The number of alkyl carbamates (subject to hydrolysis) is 1. The Labute approximate surface area is 134 Å². The summed E-state index contributed by atoms with van der Waals surface area (Å²) >= 11 is 3.80. The third kappa shape index (κ3) is 6.33. The fraction of sp³-hybridized carbons (Fsp3) is 0.846. The molecule has 4 nitrogen and oxygen atoms in total. The van der Waals surface area contributed by atoms with Crippen molar-refractivity contribution in [2.75, 3.05) is 6.26 Å². The fourth-order valence-electron chi connectivity index (χ4n) is 2.23. The zero-order valence-electron chi connectivity index (χ0n) is 12.0. The van der Waals surface area contributed by atoms with Gasteiger partial charge < -0.3 is 10.1 Å². The van der Waals surface area contributed by atoms with Crippen LogP contribution in [0.2, 0.25) is 0 Å². The topological polar surface area (TPSA) is 50.7 Å². The molecular weight excluding hydrogens is 375 g/mol. The van der Waals surface area contributed by atoms with Gasteiger partial charge in [-0.25, -0.2) is 8.00 Å². The molecule has 1 amide bonds. The summed E-state index contributed by atoms with van der Waals surface area (Å²) in [4.78, 5) is 11.7. The molecule has 0 heterocycles. The molecular formula is C13H23IN2O2S. The quantitative estimate of drug-likeness (QED) is 0.431. The predicted molar refractivity (Wildman–Crippen MR) is 90.1 cm³/mol. The number of amides is 1. The van der Waals surface area contributed by atoms with Gasteiger partial charge in [0.25, 0.3) is 0 Å². The van der Waals surface area contributed by atoms with Crippen molar-refractivity contribution in [2.45, 2.75) is 58.1 Å². The average Bonchev–Trinajstić information content (AvgIpc) is 2.30. The maximum absolute atomic E-state index is 11.7. The first-order chi connectivity index (χ1) is 8.85. The smallest absolute Gasteiger partial charge is 0.407 e. The van der Waals surface area contributed by atoms with Crippen molar-refractivity contribution in [3.63, 3.8) is 0 Å².